The molecule has 1 saturated carbocycles. The van der Waals surface area contributed by atoms with Crippen LogP contribution in [-0.4, -0.2) is 18.5 Å². The van der Waals surface area contributed by atoms with Crippen LogP contribution in [0.2, 0.25) is 10.0 Å². The second-order valence-electron chi connectivity index (χ2n) is 5.21. The summed E-state index contributed by atoms with van der Waals surface area (Å²) >= 11 is 12.0. The van der Waals surface area contributed by atoms with Crippen molar-refractivity contribution in [1.82, 2.24) is 5.32 Å². The number of para-hydroxylation sites is 1. The van der Waals surface area contributed by atoms with E-state index in [0.717, 1.165) is 12.8 Å². The van der Waals surface area contributed by atoms with Gasteiger partial charge in [-0.25, -0.2) is 0 Å². The van der Waals surface area contributed by atoms with E-state index in [4.69, 9.17) is 23.2 Å². The Morgan fingerprint density at radius 2 is 1.70 bits per heavy atom. The van der Waals surface area contributed by atoms with Crippen molar-refractivity contribution in [3.8, 4) is 0 Å². The maximum atomic E-state index is 12.0. The Hall–Kier alpha value is -0.770. The first kappa shape index (κ1) is 15.6. The normalized spacial score (nSPS) is 16.7. The van der Waals surface area contributed by atoms with E-state index in [-0.39, 0.29) is 5.91 Å². The number of anilines is 1. The van der Waals surface area contributed by atoms with E-state index < -0.39 is 0 Å². The third-order valence-corrected chi connectivity index (χ3v) is 4.26. The Balaban J connectivity index is 1.83. The Morgan fingerprint density at radius 3 is 2.30 bits per heavy atom. The predicted molar refractivity (Wildman–Crippen MR) is 84.6 cm³/mol. The number of nitrogens with one attached hydrogen (secondary N) is 2. The SMILES string of the molecule is O=C(CNC1CCCCCC1)Nc1c(Cl)cccc1Cl. The summed E-state index contributed by atoms with van der Waals surface area (Å²) in [6, 6.07) is 5.62. The first-order valence-corrected chi connectivity index (χ1v) is 7.89. The van der Waals surface area contributed by atoms with Crippen LogP contribution in [0.25, 0.3) is 0 Å². The van der Waals surface area contributed by atoms with E-state index in [9.17, 15) is 4.79 Å². The Kier molecular flexibility index (Phi) is 6.14. The van der Waals surface area contributed by atoms with Crippen molar-refractivity contribution in [1.29, 1.82) is 0 Å². The summed E-state index contributed by atoms with van der Waals surface area (Å²) < 4.78 is 0. The minimum absolute atomic E-state index is 0.107. The van der Waals surface area contributed by atoms with Gasteiger partial charge < -0.3 is 10.6 Å². The monoisotopic (exact) mass is 314 g/mol. The lowest BCUT2D eigenvalue weighted by Crippen LogP contribution is -2.35. The van der Waals surface area contributed by atoms with E-state index in [1.807, 2.05) is 0 Å². The molecule has 5 heteroatoms. The highest BCUT2D eigenvalue weighted by Crippen LogP contribution is 2.29. The van der Waals surface area contributed by atoms with Crippen LogP contribution in [0.15, 0.2) is 18.2 Å². The zero-order chi connectivity index (χ0) is 14.4. The summed E-state index contributed by atoms with van der Waals surface area (Å²) in [7, 11) is 0. The molecule has 0 bridgehead atoms. The number of benzene rings is 1. The number of amides is 1. The number of halogens is 2. The van der Waals surface area contributed by atoms with E-state index in [1.165, 1.54) is 25.7 Å². The average Bonchev–Trinajstić information content (AvgIpc) is 2.69. The van der Waals surface area contributed by atoms with Crippen molar-refractivity contribution in [3.63, 3.8) is 0 Å². The molecule has 1 aliphatic carbocycles. The van der Waals surface area contributed by atoms with Crippen LogP contribution in [0.3, 0.4) is 0 Å². The quantitative estimate of drug-likeness (QED) is 0.816. The number of hydrogen-bond acceptors (Lipinski definition) is 2. The van der Waals surface area contributed by atoms with Crippen molar-refractivity contribution in [3.05, 3.63) is 28.2 Å². The molecule has 3 nitrogen and oxygen atoms in total. The molecule has 0 unspecified atom stereocenters. The number of carbonyl (C=O) groups is 1. The van der Waals surface area contributed by atoms with Crippen molar-refractivity contribution in [2.45, 2.75) is 44.6 Å². The van der Waals surface area contributed by atoms with Gasteiger partial charge in [0.25, 0.3) is 0 Å². The summed E-state index contributed by atoms with van der Waals surface area (Å²) in [6.07, 6.45) is 7.41. The Morgan fingerprint density at radius 1 is 1.10 bits per heavy atom. The third-order valence-electron chi connectivity index (χ3n) is 3.63. The molecule has 110 valence electrons. The third kappa shape index (κ3) is 4.65. The van der Waals surface area contributed by atoms with Gasteiger partial charge >= 0.3 is 0 Å². The maximum Gasteiger partial charge on any atom is 0.238 e. The smallest absolute Gasteiger partial charge is 0.238 e. The molecule has 0 spiro atoms. The molecule has 0 atom stereocenters. The minimum Gasteiger partial charge on any atom is -0.322 e. The zero-order valence-electron chi connectivity index (χ0n) is 11.4. The van der Waals surface area contributed by atoms with Gasteiger partial charge in [-0.1, -0.05) is 55.0 Å². The van der Waals surface area contributed by atoms with E-state index in [0.29, 0.717) is 28.3 Å². The van der Waals surface area contributed by atoms with Crippen LogP contribution in [0.1, 0.15) is 38.5 Å². The van der Waals surface area contributed by atoms with Gasteiger partial charge in [0, 0.05) is 6.04 Å². The molecule has 1 fully saturated rings. The molecular weight excluding hydrogens is 295 g/mol. The maximum absolute atomic E-state index is 12.0. The first-order valence-electron chi connectivity index (χ1n) is 7.14. The van der Waals surface area contributed by atoms with Gasteiger partial charge in [-0.2, -0.15) is 0 Å². The minimum atomic E-state index is -0.107. The van der Waals surface area contributed by atoms with E-state index in [1.54, 1.807) is 18.2 Å². The molecule has 0 aliphatic heterocycles. The molecule has 20 heavy (non-hydrogen) atoms. The second kappa shape index (κ2) is 7.87. The lowest BCUT2D eigenvalue weighted by atomic mass is 10.1. The fourth-order valence-electron chi connectivity index (χ4n) is 2.52. The zero-order valence-corrected chi connectivity index (χ0v) is 12.9. The highest BCUT2D eigenvalue weighted by molar-refractivity contribution is 6.39. The fourth-order valence-corrected chi connectivity index (χ4v) is 3.01. The average molecular weight is 315 g/mol. The summed E-state index contributed by atoms with van der Waals surface area (Å²) in [4.78, 5) is 12.0. The number of carbonyl (C=O) groups excluding carboxylic acids is 1. The summed E-state index contributed by atoms with van der Waals surface area (Å²) in [5, 5.41) is 7.01. The molecule has 1 aromatic carbocycles. The van der Waals surface area contributed by atoms with Crippen LogP contribution in [-0.2, 0) is 4.79 Å². The Bertz CT molecular complexity index is 437. The Labute approximate surface area is 130 Å². The van der Waals surface area contributed by atoms with E-state index >= 15 is 0 Å². The van der Waals surface area contributed by atoms with Gasteiger partial charge in [0.15, 0.2) is 0 Å². The predicted octanol–water partition coefficient (Wildman–Crippen LogP) is 4.24. The molecule has 0 aromatic heterocycles. The van der Waals surface area contributed by atoms with Gasteiger partial charge in [0.2, 0.25) is 5.91 Å². The van der Waals surface area contributed by atoms with Gasteiger partial charge in [0.1, 0.15) is 0 Å². The summed E-state index contributed by atoms with van der Waals surface area (Å²) in [5.74, 6) is -0.107. The van der Waals surface area contributed by atoms with Crippen molar-refractivity contribution < 1.29 is 4.79 Å². The van der Waals surface area contributed by atoms with Crippen LogP contribution >= 0.6 is 23.2 Å². The molecule has 2 rings (SSSR count). The second-order valence-corrected chi connectivity index (χ2v) is 6.03. The molecule has 2 N–H and O–H groups in total. The highest BCUT2D eigenvalue weighted by atomic mass is 35.5. The summed E-state index contributed by atoms with van der Waals surface area (Å²) in [5.41, 5.74) is 0.489. The molecule has 0 heterocycles. The standard InChI is InChI=1S/C15H20Cl2N2O/c16-12-8-5-9-13(17)15(12)19-14(20)10-18-11-6-3-1-2-4-7-11/h5,8-9,11,18H,1-4,6-7,10H2,(H,19,20). The largest absolute Gasteiger partial charge is 0.322 e. The van der Waals surface area contributed by atoms with Crippen molar-refractivity contribution >= 4 is 34.8 Å². The molecule has 0 radical (unpaired) electrons. The lowest BCUT2D eigenvalue weighted by molar-refractivity contribution is -0.115. The molecular formula is C15H20Cl2N2O. The fraction of sp³-hybridized carbons (Fsp3) is 0.533. The van der Waals surface area contributed by atoms with E-state index in [2.05, 4.69) is 10.6 Å². The first-order chi connectivity index (χ1) is 9.66. The van der Waals surface area contributed by atoms with Gasteiger partial charge in [-0.15, -0.1) is 0 Å². The topological polar surface area (TPSA) is 41.1 Å². The number of rotatable bonds is 4. The van der Waals surface area contributed by atoms with Gasteiger partial charge in [0.05, 0.1) is 22.3 Å². The van der Waals surface area contributed by atoms with Crippen LogP contribution in [0.5, 0.6) is 0 Å². The molecule has 1 aromatic rings. The van der Waals surface area contributed by atoms with Crippen LogP contribution < -0.4 is 10.6 Å². The van der Waals surface area contributed by atoms with Gasteiger partial charge in [-0.05, 0) is 25.0 Å². The van der Waals surface area contributed by atoms with Crippen molar-refractivity contribution in [2.75, 3.05) is 11.9 Å². The number of hydrogen-bond donors (Lipinski definition) is 2. The molecule has 1 amide bonds. The summed E-state index contributed by atoms with van der Waals surface area (Å²) in [6.45, 7) is 0.298. The molecule has 1 aliphatic rings. The van der Waals surface area contributed by atoms with Crippen molar-refractivity contribution in [2.24, 2.45) is 0 Å². The van der Waals surface area contributed by atoms with Gasteiger partial charge in [-0.3, -0.25) is 4.79 Å². The molecule has 0 saturated heterocycles. The van der Waals surface area contributed by atoms with Crippen LogP contribution in [0.4, 0.5) is 5.69 Å². The highest BCUT2D eigenvalue weighted by Gasteiger charge is 2.14. The lowest BCUT2D eigenvalue weighted by Gasteiger charge is -2.16. The van der Waals surface area contributed by atoms with Crippen LogP contribution in [0, 0.1) is 0 Å².